The average Bonchev–Trinajstić information content (AvgIpc) is 3.41. The van der Waals surface area contributed by atoms with Crippen LogP contribution < -0.4 is 10.1 Å². The molecule has 1 aromatic carbocycles. The number of aromatic amines is 1. The molecule has 2 fully saturated rings. The van der Waals surface area contributed by atoms with Crippen LogP contribution >= 0.6 is 0 Å². The number of benzene rings is 1. The van der Waals surface area contributed by atoms with E-state index in [1.807, 2.05) is 50.1 Å². The van der Waals surface area contributed by atoms with Gasteiger partial charge >= 0.3 is 0 Å². The molecule has 8 nitrogen and oxygen atoms in total. The van der Waals surface area contributed by atoms with Crippen molar-refractivity contribution in [2.45, 2.75) is 52.0 Å². The average molecular weight is 469 g/mol. The fourth-order valence-corrected chi connectivity index (χ4v) is 5.10. The first kappa shape index (κ1) is 24.1. The molecular formula is C26H36N4O4. The molecule has 3 amide bonds. The van der Waals surface area contributed by atoms with E-state index in [-0.39, 0.29) is 41.5 Å². The van der Waals surface area contributed by atoms with Crippen LogP contribution in [0.15, 0.2) is 24.4 Å². The van der Waals surface area contributed by atoms with E-state index in [0.29, 0.717) is 39.0 Å². The Balaban J connectivity index is 1.23. The normalized spacial score (nSPS) is 19.6. The number of hydrogen-bond donors (Lipinski definition) is 2. The topological polar surface area (TPSA) is 94.7 Å². The van der Waals surface area contributed by atoms with Gasteiger partial charge in [0.2, 0.25) is 17.7 Å². The number of piperidine rings is 1. The Morgan fingerprint density at radius 1 is 1.18 bits per heavy atom. The quantitative estimate of drug-likeness (QED) is 0.682. The van der Waals surface area contributed by atoms with Crippen molar-refractivity contribution in [2.24, 2.45) is 11.8 Å². The van der Waals surface area contributed by atoms with Crippen LogP contribution in [-0.2, 0) is 20.8 Å². The lowest BCUT2D eigenvalue weighted by atomic mass is 9.94. The number of hydrogen-bond acceptors (Lipinski definition) is 4. The van der Waals surface area contributed by atoms with Crippen molar-refractivity contribution in [1.82, 2.24) is 20.1 Å². The molecule has 2 aromatic rings. The number of carbonyl (C=O) groups excluding carboxylic acids is 3. The summed E-state index contributed by atoms with van der Waals surface area (Å²) in [4.78, 5) is 45.0. The van der Waals surface area contributed by atoms with Crippen LogP contribution in [0.2, 0.25) is 0 Å². The van der Waals surface area contributed by atoms with E-state index in [1.54, 1.807) is 12.0 Å². The van der Waals surface area contributed by atoms with Crippen LogP contribution in [0, 0.1) is 11.8 Å². The minimum absolute atomic E-state index is 0.0497. The van der Waals surface area contributed by atoms with Crippen LogP contribution in [0.3, 0.4) is 0 Å². The second kappa shape index (κ2) is 9.68. The van der Waals surface area contributed by atoms with Crippen molar-refractivity contribution in [3.05, 3.63) is 30.0 Å². The summed E-state index contributed by atoms with van der Waals surface area (Å²) in [6.45, 7) is 8.18. The van der Waals surface area contributed by atoms with E-state index in [1.165, 1.54) is 0 Å². The van der Waals surface area contributed by atoms with Crippen molar-refractivity contribution < 1.29 is 19.1 Å². The molecule has 0 bridgehead atoms. The second-order valence-electron chi connectivity index (χ2n) is 10.4. The van der Waals surface area contributed by atoms with E-state index in [4.69, 9.17) is 4.74 Å². The van der Waals surface area contributed by atoms with Gasteiger partial charge in [-0.2, -0.15) is 0 Å². The molecule has 0 saturated carbocycles. The SMILES string of the molecule is COc1ccc2[nH]cc(CCNC(=O)C3CCN(C(=O)C4CC(=O)N(C(C)(C)C)C4)CC3)c2c1. The first-order valence-electron chi connectivity index (χ1n) is 12.2. The molecule has 2 N–H and O–H groups in total. The molecule has 2 aliphatic rings. The van der Waals surface area contributed by atoms with E-state index in [9.17, 15) is 14.4 Å². The van der Waals surface area contributed by atoms with Gasteiger partial charge in [-0.3, -0.25) is 14.4 Å². The first-order chi connectivity index (χ1) is 16.2. The minimum Gasteiger partial charge on any atom is -0.497 e. The van der Waals surface area contributed by atoms with Crippen molar-refractivity contribution in [3.8, 4) is 5.75 Å². The molecule has 3 heterocycles. The lowest BCUT2D eigenvalue weighted by Crippen LogP contribution is -2.46. The Kier molecular flexibility index (Phi) is 6.86. The molecule has 2 saturated heterocycles. The van der Waals surface area contributed by atoms with Crippen molar-refractivity contribution >= 4 is 28.6 Å². The van der Waals surface area contributed by atoms with E-state index >= 15 is 0 Å². The number of nitrogens with one attached hydrogen (secondary N) is 2. The van der Waals surface area contributed by atoms with Crippen LogP contribution in [-0.4, -0.2) is 71.3 Å². The molecule has 0 radical (unpaired) electrons. The summed E-state index contributed by atoms with van der Waals surface area (Å²) in [5, 5.41) is 4.18. The molecule has 1 atom stereocenters. The molecule has 2 aliphatic heterocycles. The van der Waals surface area contributed by atoms with Crippen LogP contribution in [0.25, 0.3) is 10.9 Å². The van der Waals surface area contributed by atoms with Gasteiger partial charge in [-0.15, -0.1) is 0 Å². The minimum atomic E-state index is -0.271. The molecule has 34 heavy (non-hydrogen) atoms. The van der Waals surface area contributed by atoms with Gasteiger partial charge in [0.15, 0.2) is 0 Å². The van der Waals surface area contributed by atoms with Gasteiger partial charge in [-0.25, -0.2) is 0 Å². The zero-order valence-corrected chi connectivity index (χ0v) is 20.6. The van der Waals surface area contributed by atoms with Crippen molar-refractivity contribution in [3.63, 3.8) is 0 Å². The predicted molar refractivity (Wildman–Crippen MR) is 130 cm³/mol. The Bertz CT molecular complexity index is 1060. The summed E-state index contributed by atoms with van der Waals surface area (Å²) in [5.74, 6) is 0.615. The smallest absolute Gasteiger partial charge is 0.227 e. The number of carbonyl (C=O) groups is 3. The van der Waals surface area contributed by atoms with Crippen LogP contribution in [0.1, 0.15) is 45.6 Å². The van der Waals surface area contributed by atoms with Gasteiger partial charge in [-0.05, 0) is 63.8 Å². The second-order valence-corrected chi connectivity index (χ2v) is 10.4. The summed E-state index contributed by atoms with van der Waals surface area (Å²) < 4.78 is 5.32. The highest BCUT2D eigenvalue weighted by Gasteiger charge is 2.41. The summed E-state index contributed by atoms with van der Waals surface area (Å²) >= 11 is 0. The highest BCUT2D eigenvalue weighted by Crippen LogP contribution is 2.29. The Morgan fingerprint density at radius 2 is 1.91 bits per heavy atom. The fraction of sp³-hybridized carbons (Fsp3) is 0.577. The number of fused-ring (bicyclic) bond motifs is 1. The highest BCUT2D eigenvalue weighted by atomic mass is 16.5. The van der Waals surface area contributed by atoms with Gasteiger partial charge in [0.05, 0.1) is 13.0 Å². The van der Waals surface area contributed by atoms with E-state index in [0.717, 1.165) is 28.6 Å². The Hall–Kier alpha value is -3.03. The highest BCUT2D eigenvalue weighted by molar-refractivity contribution is 5.90. The van der Waals surface area contributed by atoms with Crippen LogP contribution in [0.4, 0.5) is 0 Å². The summed E-state index contributed by atoms with van der Waals surface area (Å²) in [7, 11) is 1.65. The van der Waals surface area contributed by atoms with Gasteiger partial charge in [0, 0.05) is 61.2 Å². The maximum Gasteiger partial charge on any atom is 0.227 e. The number of H-pyrrole nitrogens is 1. The summed E-state index contributed by atoms with van der Waals surface area (Å²) in [5.41, 5.74) is 1.93. The number of rotatable bonds is 6. The molecule has 1 aromatic heterocycles. The maximum atomic E-state index is 13.0. The molecule has 4 rings (SSSR count). The number of amides is 3. The number of ether oxygens (including phenoxy) is 1. The molecular weight excluding hydrogens is 432 g/mol. The number of methoxy groups -OCH3 is 1. The zero-order chi connectivity index (χ0) is 24.5. The van der Waals surface area contributed by atoms with E-state index < -0.39 is 0 Å². The molecule has 8 heteroatoms. The third-order valence-corrected chi connectivity index (χ3v) is 7.13. The molecule has 1 unspecified atom stereocenters. The lowest BCUT2D eigenvalue weighted by molar-refractivity contribution is -0.139. The Labute approximate surface area is 201 Å². The van der Waals surface area contributed by atoms with Gasteiger partial charge in [0.25, 0.3) is 0 Å². The number of aromatic nitrogens is 1. The zero-order valence-electron chi connectivity index (χ0n) is 20.6. The van der Waals surface area contributed by atoms with Gasteiger partial charge in [0.1, 0.15) is 5.75 Å². The maximum absolute atomic E-state index is 13.0. The third kappa shape index (κ3) is 5.05. The molecule has 184 valence electrons. The molecule has 0 spiro atoms. The monoisotopic (exact) mass is 468 g/mol. The first-order valence-corrected chi connectivity index (χ1v) is 12.2. The summed E-state index contributed by atoms with van der Waals surface area (Å²) in [6.07, 6.45) is 4.32. The third-order valence-electron chi connectivity index (χ3n) is 7.13. The largest absolute Gasteiger partial charge is 0.497 e. The van der Waals surface area contributed by atoms with Crippen molar-refractivity contribution in [1.29, 1.82) is 0 Å². The standard InChI is InChI=1S/C26H36N4O4/c1-26(2,3)30-16-19(13-23(30)31)25(33)29-11-8-17(9-12-29)24(32)27-10-7-18-15-28-22-6-5-20(34-4)14-21(18)22/h5-6,14-15,17,19,28H,7-13,16H2,1-4H3,(H,27,32). The lowest BCUT2D eigenvalue weighted by Gasteiger charge is -2.34. The van der Waals surface area contributed by atoms with Crippen LogP contribution in [0.5, 0.6) is 5.75 Å². The Morgan fingerprint density at radius 3 is 2.56 bits per heavy atom. The number of nitrogens with zero attached hydrogens (tertiary/aromatic N) is 2. The van der Waals surface area contributed by atoms with Gasteiger partial charge < -0.3 is 24.8 Å². The summed E-state index contributed by atoms with van der Waals surface area (Å²) in [6, 6.07) is 5.93. The fourth-order valence-electron chi connectivity index (χ4n) is 5.10. The number of likely N-dealkylation sites (tertiary alicyclic amines) is 2. The molecule has 0 aliphatic carbocycles. The van der Waals surface area contributed by atoms with Crippen molar-refractivity contribution in [2.75, 3.05) is 33.3 Å². The van der Waals surface area contributed by atoms with Gasteiger partial charge in [-0.1, -0.05) is 0 Å². The van der Waals surface area contributed by atoms with E-state index in [2.05, 4.69) is 10.3 Å². The predicted octanol–water partition coefficient (Wildman–Crippen LogP) is 2.72.